The number of carbonyl (C=O) groups is 1. The molecule has 1 aromatic carbocycles. The van der Waals surface area contributed by atoms with E-state index in [-0.39, 0.29) is 12.0 Å². The molecule has 1 amide bonds. The lowest BCUT2D eigenvalue weighted by atomic mass is 9.96. The van der Waals surface area contributed by atoms with Gasteiger partial charge < -0.3 is 15.8 Å². The molecule has 2 heterocycles. The molecule has 0 saturated carbocycles. The van der Waals surface area contributed by atoms with Gasteiger partial charge in [-0.15, -0.1) is 0 Å². The lowest BCUT2D eigenvalue weighted by Gasteiger charge is -2.21. The SMILES string of the molecule is CCn1cc([C@@H]2OCC[C@@H]2CN[C@@H](C(N)=O)c2ccccc2)cn1. The molecule has 1 saturated heterocycles. The molecule has 0 unspecified atom stereocenters. The lowest BCUT2D eigenvalue weighted by Crippen LogP contribution is -2.37. The molecule has 6 heteroatoms. The van der Waals surface area contributed by atoms with Crippen LogP contribution in [0.25, 0.3) is 0 Å². The first-order chi connectivity index (χ1) is 11.7. The molecule has 1 aromatic heterocycles. The average Bonchev–Trinajstić information content (AvgIpc) is 3.24. The molecule has 0 spiro atoms. The van der Waals surface area contributed by atoms with Crippen LogP contribution in [0, 0.1) is 5.92 Å². The lowest BCUT2D eigenvalue weighted by molar-refractivity contribution is -0.120. The van der Waals surface area contributed by atoms with Crippen LogP contribution in [0.2, 0.25) is 0 Å². The van der Waals surface area contributed by atoms with Crippen molar-refractivity contribution < 1.29 is 9.53 Å². The van der Waals surface area contributed by atoms with Gasteiger partial charge in [-0.2, -0.15) is 5.10 Å². The number of benzene rings is 1. The molecule has 2 aromatic rings. The Bertz CT molecular complexity index is 671. The second-order valence-corrected chi connectivity index (χ2v) is 6.12. The minimum Gasteiger partial charge on any atom is -0.373 e. The van der Waals surface area contributed by atoms with E-state index in [1.807, 2.05) is 47.4 Å². The highest BCUT2D eigenvalue weighted by atomic mass is 16.5. The summed E-state index contributed by atoms with van der Waals surface area (Å²) in [6.07, 6.45) is 4.87. The van der Waals surface area contributed by atoms with Gasteiger partial charge in [-0.3, -0.25) is 9.48 Å². The van der Waals surface area contributed by atoms with Crippen LogP contribution in [-0.2, 0) is 16.1 Å². The Morgan fingerprint density at radius 1 is 1.46 bits per heavy atom. The zero-order chi connectivity index (χ0) is 16.9. The zero-order valence-corrected chi connectivity index (χ0v) is 13.9. The Hall–Kier alpha value is -2.18. The third kappa shape index (κ3) is 3.66. The number of amides is 1. The second kappa shape index (κ2) is 7.59. The van der Waals surface area contributed by atoms with Crippen molar-refractivity contribution in [2.24, 2.45) is 11.7 Å². The molecule has 24 heavy (non-hydrogen) atoms. The quantitative estimate of drug-likeness (QED) is 0.812. The highest BCUT2D eigenvalue weighted by Crippen LogP contribution is 2.34. The maximum Gasteiger partial charge on any atom is 0.239 e. The van der Waals surface area contributed by atoms with Crippen molar-refractivity contribution in [3.05, 3.63) is 53.9 Å². The van der Waals surface area contributed by atoms with Crippen molar-refractivity contribution >= 4 is 5.91 Å². The molecule has 3 rings (SSSR count). The van der Waals surface area contributed by atoms with E-state index in [0.29, 0.717) is 12.5 Å². The van der Waals surface area contributed by atoms with Gasteiger partial charge in [0.15, 0.2) is 0 Å². The number of hydrogen-bond acceptors (Lipinski definition) is 4. The number of nitrogens with two attached hydrogens (primary N) is 1. The van der Waals surface area contributed by atoms with E-state index in [1.54, 1.807) is 0 Å². The predicted octanol–water partition coefficient (Wildman–Crippen LogP) is 1.80. The van der Waals surface area contributed by atoms with Crippen molar-refractivity contribution in [2.45, 2.75) is 32.0 Å². The smallest absolute Gasteiger partial charge is 0.239 e. The van der Waals surface area contributed by atoms with Crippen LogP contribution in [0.5, 0.6) is 0 Å². The summed E-state index contributed by atoms with van der Waals surface area (Å²) in [4.78, 5) is 11.8. The third-order valence-electron chi connectivity index (χ3n) is 4.52. The Morgan fingerprint density at radius 3 is 2.92 bits per heavy atom. The van der Waals surface area contributed by atoms with Crippen LogP contribution in [0.3, 0.4) is 0 Å². The van der Waals surface area contributed by atoms with E-state index >= 15 is 0 Å². The van der Waals surface area contributed by atoms with Crippen LogP contribution in [0.15, 0.2) is 42.7 Å². The maximum absolute atomic E-state index is 11.8. The predicted molar refractivity (Wildman–Crippen MR) is 91.1 cm³/mol. The standard InChI is InChI=1S/C18H24N4O2/c1-2-22-12-15(11-21-22)17-14(8-9-24-17)10-20-16(18(19)23)13-6-4-3-5-7-13/h3-7,11-12,14,16-17,20H,2,8-10H2,1H3,(H2,19,23)/t14-,16-,17-/m1/s1. The summed E-state index contributed by atoms with van der Waals surface area (Å²) in [7, 11) is 0. The van der Waals surface area contributed by atoms with Gasteiger partial charge in [-0.25, -0.2) is 0 Å². The molecule has 3 N–H and O–H groups in total. The minimum atomic E-state index is -0.481. The third-order valence-corrected chi connectivity index (χ3v) is 4.52. The zero-order valence-electron chi connectivity index (χ0n) is 13.9. The summed E-state index contributed by atoms with van der Waals surface area (Å²) in [5, 5.41) is 7.64. The minimum absolute atomic E-state index is 0.0158. The molecular weight excluding hydrogens is 304 g/mol. The largest absolute Gasteiger partial charge is 0.373 e. The van der Waals surface area contributed by atoms with Gasteiger partial charge in [0.2, 0.25) is 5.91 Å². The molecule has 128 valence electrons. The van der Waals surface area contributed by atoms with E-state index in [2.05, 4.69) is 17.3 Å². The fourth-order valence-corrected chi connectivity index (χ4v) is 3.21. The van der Waals surface area contributed by atoms with E-state index < -0.39 is 6.04 Å². The van der Waals surface area contributed by atoms with Gasteiger partial charge in [0.25, 0.3) is 0 Å². The number of aryl methyl sites for hydroxylation is 1. The molecule has 1 aliphatic rings. The van der Waals surface area contributed by atoms with Gasteiger partial charge in [0.1, 0.15) is 6.04 Å². The number of primary amides is 1. The number of rotatable bonds is 7. The van der Waals surface area contributed by atoms with Crippen molar-refractivity contribution in [3.63, 3.8) is 0 Å². The average molecular weight is 328 g/mol. The summed E-state index contributed by atoms with van der Waals surface area (Å²) in [5.41, 5.74) is 7.56. The normalized spacial score (nSPS) is 21.7. The Kier molecular flexibility index (Phi) is 5.27. The Morgan fingerprint density at radius 2 is 2.25 bits per heavy atom. The topological polar surface area (TPSA) is 82.2 Å². The van der Waals surface area contributed by atoms with Gasteiger partial charge >= 0.3 is 0 Å². The fraction of sp³-hybridized carbons (Fsp3) is 0.444. The van der Waals surface area contributed by atoms with Crippen molar-refractivity contribution in [1.29, 1.82) is 0 Å². The van der Waals surface area contributed by atoms with Crippen LogP contribution >= 0.6 is 0 Å². The van der Waals surface area contributed by atoms with Crippen molar-refractivity contribution in [2.75, 3.05) is 13.2 Å². The molecule has 0 aliphatic carbocycles. The first-order valence-electron chi connectivity index (χ1n) is 8.40. The number of hydrogen-bond donors (Lipinski definition) is 2. The monoisotopic (exact) mass is 328 g/mol. The van der Waals surface area contributed by atoms with Crippen LogP contribution in [-0.4, -0.2) is 28.8 Å². The van der Waals surface area contributed by atoms with E-state index in [0.717, 1.165) is 30.7 Å². The van der Waals surface area contributed by atoms with Crippen LogP contribution in [0.4, 0.5) is 0 Å². The maximum atomic E-state index is 11.8. The summed E-state index contributed by atoms with van der Waals surface area (Å²) >= 11 is 0. The Balaban J connectivity index is 1.66. The molecule has 3 atom stereocenters. The second-order valence-electron chi connectivity index (χ2n) is 6.12. The first kappa shape index (κ1) is 16.7. The number of nitrogens with zero attached hydrogens (tertiary/aromatic N) is 2. The Labute approximate surface area is 142 Å². The van der Waals surface area contributed by atoms with Crippen molar-refractivity contribution in [3.8, 4) is 0 Å². The highest BCUT2D eigenvalue weighted by Gasteiger charge is 2.31. The highest BCUT2D eigenvalue weighted by molar-refractivity contribution is 5.81. The molecule has 6 nitrogen and oxygen atoms in total. The van der Waals surface area contributed by atoms with Crippen LogP contribution in [0.1, 0.15) is 36.6 Å². The number of carbonyl (C=O) groups excluding carboxylic acids is 1. The number of aromatic nitrogens is 2. The summed E-state index contributed by atoms with van der Waals surface area (Å²) < 4.78 is 7.80. The molecule has 0 radical (unpaired) electrons. The summed E-state index contributed by atoms with van der Waals surface area (Å²) in [6, 6.07) is 9.09. The molecule has 1 fully saturated rings. The molecular formula is C18H24N4O2. The first-order valence-corrected chi connectivity index (χ1v) is 8.40. The van der Waals surface area contributed by atoms with Gasteiger partial charge in [0.05, 0.1) is 12.3 Å². The van der Waals surface area contributed by atoms with Gasteiger partial charge in [-0.1, -0.05) is 30.3 Å². The van der Waals surface area contributed by atoms with E-state index in [1.165, 1.54) is 0 Å². The fourth-order valence-electron chi connectivity index (χ4n) is 3.21. The van der Waals surface area contributed by atoms with E-state index in [4.69, 9.17) is 10.5 Å². The number of ether oxygens (including phenoxy) is 1. The van der Waals surface area contributed by atoms with Gasteiger partial charge in [-0.05, 0) is 18.9 Å². The summed E-state index contributed by atoms with van der Waals surface area (Å²) in [6.45, 7) is 4.29. The van der Waals surface area contributed by atoms with E-state index in [9.17, 15) is 4.79 Å². The van der Waals surface area contributed by atoms with Crippen molar-refractivity contribution in [1.82, 2.24) is 15.1 Å². The molecule has 1 aliphatic heterocycles. The summed E-state index contributed by atoms with van der Waals surface area (Å²) in [5.74, 6) is -0.0689. The van der Waals surface area contributed by atoms with Gasteiger partial charge in [0, 0.05) is 37.4 Å². The molecule has 0 bridgehead atoms. The number of nitrogens with one attached hydrogen (secondary N) is 1. The van der Waals surface area contributed by atoms with Crippen LogP contribution < -0.4 is 11.1 Å².